The van der Waals surface area contributed by atoms with Gasteiger partial charge in [-0.15, -0.1) is 0 Å². The summed E-state index contributed by atoms with van der Waals surface area (Å²) in [6, 6.07) is 11.0. The maximum Gasteiger partial charge on any atom is 0.408 e. The van der Waals surface area contributed by atoms with Crippen molar-refractivity contribution in [2.45, 2.75) is 45.4 Å². The predicted molar refractivity (Wildman–Crippen MR) is 136 cm³/mol. The number of nitrogens with zero attached hydrogens (tertiary/aromatic N) is 1. The van der Waals surface area contributed by atoms with Gasteiger partial charge in [-0.3, -0.25) is 19.6 Å². The fourth-order valence-electron chi connectivity index (χ4n) is 3.79. The lowest BCUT2D eigenvalue weighted by Crippen LogP contribution is -2.53. The molecular weight excluding hydrogens is 496 g/mol. The highest BCUT2D eigenvalue weighted by atomic mass is 16.6. The number of hydrogen-bond donors (Lipinski definition) is 4. The van der Waals surface area contributed by atoms with Crippen molar-refractivity contribution >= 4 is 29.5 Å². The number of methoxy groups -OCH3 is 1. The smallest absolute Gasteiger partial charge is 0.408 e. The van der Waals surface area contributed by atoms with E-state index in [2.05, 4.69) is 10.6 Å². The van der Waals surface area contributed by atoms with Gasteiger partial charge in [0.05, 0.1) is 7.11 Å². The number of nitrogens with one attached hydrogen (secondary N) is 3. The molecule has 0 bridgehead atoms. The summed E-state index contributed by atoms with van der Waals surface area (Å²) >= 11 is 0. The summed E-state index contributed by atoms with van der Waals surface area (Å²) in [5, 5.41) is 13.9. The number of benzene rings is 2. The molecule has 0 aromatic heterocycles. The monoisotopic (exact) mass is 528 g/mol. The molecule has 2 aromatic carbocycles. The molecule has 1 atom stereocenters. The largest absolute Gasteiger partial charge is 0.497 e. The average Bonchev–Trinajstić information content (AvgIpc) is 2.88. The molecule has 0 radical (unpaired) electrons. The lowest BCUT2D eigenvalue weighted by molar-refractivity contribution is -0.139. The van der Waals surface area contributed by atoms with Crippen LogP contribution in [-0.4, -0.2) is 65.8 Å². The minimum Gasteiger partial charge on any atom is -0.497 e. The Kier molecular flexibility index (Phi) is 9.13. The Balaban J connectivity index is 1.80. The second kappa shape index (κ2) is 12.3. The minimum absolute atomic E-state index is 0.0638. The van der Waals surface area contributed by atoms with Crippen LogP contribution in [0.5, 0.6) is 11.5 Å². The van der Waals surface area contributed by atoms with E-state index in [-0.39, 0.29) is 19.5 Å². The van der Waals surface area contributed by atoms with Gasteiger partial charge in [-0.2, -0.15) is 0 Å². The van der Waals surface area contributed by atoms with E-state index in [1.807, 2.05) is 0 Å². The zero-order chi connectivity index (χ0) is 27.9. The van der Waals surface area contributed by atoms with Crippen molar-refractivity contribution < 1.29 is 38.6 Å². The molecule has 12 heteroatoms. The molecule has 0 fully saturated rings. The van der Waals surface area contributed by atoms with Crippen molar-refractivity contribution in [1.82, 2.24) is 15.7 Å². The van der Waals surface area contributed by atoms with Crippen LogP contribution in [0.3, 0.4) is 0 Å². The van der Waals surface area contributed by atoms with Crippen LogP contribution in [0.1, 0.15) is 31.9 Å². The highest BCUT2D eigenvalue weighted by Gasteiger charge is 2.35. The van der Waals surface area contributed by atoms with Gasteiger partial charge in [0, 0.05) is 18.7 Å². The van der Waals surface area contributed by atoms with E-state index in [4.69, 9.17) is 19.4 Å². The Morgan fingerprint density at radius 1 is 1.03 bits per heavy atom. The molecule has 1 aliphatic heterocycles. The molecule has 4 N–H and O–H groups in total. The third kappa shape index (κ3) is 7.84. The van der Waals surface area contributed by atoms with Crippen molar-refractivity contribution in [3.05, 3.63) is 53.6 Å². The summed E-state index contributed by atoms with van der Waals surface area (Å²) in [5.41, 5.74) is 2.82. The van der Waals surface area contributed by atoms with Crippen LogP contribution in [0.15, 0.2) is 42.5 Å². The van der Waals surface area contributed by atoms with E-state index >= 15 is 0 Å². The summed E-state index contributed by atoms with van der Waals surface area (Å²) in [4.78, 5) is 51.3. The molecule has 0 aliphatic carbocycles. The van der Waals surface area contributed by atoms with Gasteiger partial charge in [-0.25, -0.2) is 10.3 Å². The van der Waals surface area contributed by atoms with Crippen LogP contribution in [0.2, 0.25) is 0 Å². The van der Waals surface area contributed by atoms with Crippen molar-refractivity contribution in [3.63, 3.8) is 0 Å². The Morgan fingerprint density at radius 2 is 1.71 bits per heavy atom. The fraction of sp³-hybridized carbons (Fsp3) is 0.385. The molecule has 204 valence electrons. The molecule has 0 saturated carbocycles. The number of hydrogen-bond acceptors (Lipinski definition) is 8. The number of carbonyl (C=O) groups excluding carboxylic acids is 4. The maximum absolute atomic E-state index is 13.3. The molecule has 38 heavy (non-hydrogen) atoms. The molecule has 12 nitrogen and oxygen atoms in total. The van der Waals surface area contributed by atoms with E-state index in [9.17, 15) is 19.2 Å². The Hall–Kier alpha value is -4.32. The molecule has 3 rings (SSSR count). The summed E-state index contributed by atoms with van der Waals surface area (Å²) in [6.45, 7) is 4.42. The first-order valence-electron chi connectivity index (χ1n) is 11.9. The van der Waals surface area contributed by atoms with Gasteiger partial charge in [-0.1, -0.05) is 6.07 Å². The van der Waals surface area contributed by atoms with Crippen LogP contribution in [0, 0.1) is 0 Å². The normalized spacial score (nSPS) is 14.6. The van der Waals surface area contributed by atoms with Crippen LogP contribution in [0.25, 0.3) is 0 Å². The predicted octanol–water partition coefficient (Wildman–Crippen LogP) is 2.00. The molecule has 1 aliphatic rings. The molecule has 2 aromatic rings. The quantitative estimate of drug-likeness (QED) is 0.300. The highest BCUT2D eigenvalue weighted by molar-refractivity contribution is 5.98. The number of carbonyl (C=O) groups is 4. The maximum atomic E-state index is 13.3. The van der Waals surface area contributed by atoms with Gasteiger partial charge in [0.1, 0.15) is 29.7 Å². The number of hydroxylamine groups is 1. The SMILES string of the molecule is COc1ccc(NC(=O)[C@@H]2Cc3ccc(OCC(=O)NO)cc3CN2C(=O)CNC(=O)OC(C)(C)C)cc1. The number of amides is 4. The first-order chi connectivity index (χ1) is 18.0. The third-order valence-electron chi connectivity index (χ3n) is 5.57. The molecular formula is C26H32N4O8. The number of fused-ring (bicyclic) bond motifs is 1. The van der Waals surface area contributed by atoms with E-state index < -0.39 is 42.1 Å². The Bertz CT molecular complexity index is 1180. The zero-order valence-electron chi connectivity index (χ0n) is 21.7. The summed E-state index contributed by atoms with van der Waals surface area (Å²) in [7, 11) is 1.54. The second-order valence-corrected chi connectivity index (χ2v) is 9.57. The van der Waals surface area contributed by atoms with Crippen molar-refractivity contribution in [1.29, 1.82) is 0 Å². The Labute approximate surface area is 220 Å². The number of alkyl carbamates (subject to hydrolysis) is 1. The lowest BCUT2D eigenvalue weighted by atomic mass is 9.93. The van der Waals surface area contributed by atoms with Gasteiger partial charge >= 0.3 is 6.09 Å². The lowest BCUT2D eigenvalue weighted by Gasteiger charge is -2.36. The molecule has 4 amide bonds. The molecule has 0 spiro atoms. The summed E-state index contributed by atoms with van der Waals surface area (Å²) in [6.07, 6.45) is -0.535. The fourth-order valence-corrected chi connectivity index (χ4v) is 3.79. The van der Waals surface area contributed by atoms with Gasteiger partial charge in [-0.05, 0) is 68.3 Å². The van der Waals surface area contributed by atoms with Crippen LogP contribution in [-0.2, 0) is 32.1 Å². The standard InChI is InChI=1S/C26H32N4O8/c1-26(2,3)38-25(34)27-13-23(32)30-14-17-11-20(37-15-22(31)29-35)8-5-16(17)12-21(30)24(33)28-18-6-9-19(36-4)10-7-18/h5-11,21,35H,12-15H2,1-4H3,(H,27,34)(H,28,33)(H,29,31)/t21-/m0/s1. The molecule has 0 unspecified atom stereocenters. The third-order valence-corrected chi connectivity index (χ3v) is 5.57. The molecule has 1 heterocycles. The Morgan fingerprint density at radius 3 is 2.34 bits per heavy atom. The topological polar surface area (TPSA) is 156 Å². The van der Waals surface area contributed by atoms with E-state index in [0.717, 1.165) is 5.56 Å². The van der Waals surface area contributed by atoms with Gasteiger partial charge in [0.2, 0.25) is 11.8 Å². The van der Waals surface area contributed by atoms with Crippen molar-refractivity contribution in [3.8, 4) is 11.5 Å². The first-order valence-corrected chi connectivity index (χ1v) is 11.9. The van der Waals surface area contributed by atoms with Crippen molar-refractivity contribution in [2.75, 3.05) is 25.6 Å². The van der Waals surface area contributed by atoms with Gasteiger partial charge < -0.3 is 29.7 Å². The average molecular weight is 529 g/mol. The van der Waals surface area contributed by atoms with Gasteiger partial charge in [0.15, 0.2) is 6.61 Å². The highest BCUT2D eigenvalue weighted by Crippen LogP contribution is 2.28. The van der Waals surface area contributed by atoms with E-state index in [0.29, 0.717) is 22.7 Å². The summed E-state index contributed by atoms with van der Waals surface area (Å²) < 4.78 is 15.7. The number of ether oxygens (including phenoxy) is 3. The molecule has 0 saturated heterocycles. The number of anilines is 1. The first kappa shape index (κ1) is 28.3. The minimum atomic E-state index is -0.857. The van der Waals surface area contributed by atoms with Crippen LogP contribution >= 0.6 is 0 Å². The van der Waals surface area contributed by atoms with E-state index in [1.165, 1.54) is 10.4 Å². The van der Waals surface area contributed by atoms with Gasteiger partial charge in [0.25, 0.3) is 5.91 Å². The second-order valence-electron chi connectivity index (χ2n) is 9.57. The van der Waals surface area contributed by atoms with Crippen molar-refractivity contribution in [2.24, 2.45) is 0 Å². The van der Waals surface area contributed by atoms with Crippen LogP contribution in [0.4, 0.5) is 10.5 Å². The number of rotatable bonds is 8. The van der Waals surface area contributed by atoms with E-state index in [1.54, 1.807) is 70.3 Å². The summed E-state index contributed by atoms with van der Waals surface area (Å²) in [5.74, 6) is -0.612. The zero-order valence-corrected chi connectivity index (χ0v) is 21.7. The van der Waals surface area contributed by atoms with Crippen LogP contribution < -0.4 is 25.6 Å².